The van der Waals surface area contributed by atoms with E-state index in [1.807, 2.05) is 0 Å². The van der Waals surface area contributed by atoms with Crippen LogP contribution in [-0.4, -0.2) is 46.9 Å². The topological polar surface area (TPSA) is 95.9 Å². The quantitative estimate of drug-likeness (QED) is 0.0324. The summed E-state index contributed by atoms with van der Waals surface area (Å²) < 4.78 is 5.92. The molecule has 3 atom stereocenters. The molecule has 3 N–H and O–H groups in total. The van der Waals surface area contributed by atoms with E-state index in [0.717, 1.165) is 77.0 Å². The summed E-state index contributed by atoms with van der Waals surface area (Å²) >= 11 is 0. The molecule has 1 amide bonds. The number of hydrogen-bond acceptors (Lipinski definition) is 5. The standard InChI is InChI=1S/C51H97NO5/c1-4-7-10-13-16-19-22-24-26-29-32-35-38-41-44-51(56)57-47(42-39-36-33-30-28-25-23-20-17-14-11-8-5-2)45-50(55)52-48(46-53)49(54)43-40-37-34-31-27-21-18-15-12-9-6-3/h17,20,23,25,47-49,53-54H,4-16,18-19,21-22,24,26-46H2,1-3H3,(H,52,55)/b20-17+,25-23+. The third-order valence-electron chi connectivity index (χ3n) is 11.6. The van der Waals surface area contributed by atoms with E-state index in [0.29, 0.717) is 19.3 Å². The van der Waals surface area contributed by atoms with Crippen LogP contribution in [0.25, 0.3) is 0 Å². The Kier molecular flexibility index (Phi) is 44.1. The lowest BCUT2D eigenvalue weighted by Gasteiger charge is -2.24. The van der Waals surface area contributed by atoms with Gasteiger partial charge < -0.3 is 20.3 Å². The second-order valence-electron chi connectivity index (χ2n) is 17.3. The Bertz CT molecular complexity index is 904. The van der Waals surface area contributed by atoms with Crippen LogP contribution in [0.1, 0.15) is 265 Å². The fourth-order valence-electron chi connectivity index (χ4n) is 7.72. The van der Waals surface area contributed by atoms with E-state index in [4.69, 9.17) is 4.74 Å². The molecule has 336 valence electrons. The van der Waals surface area contributed by atoms with Crippen LogP contribution < -0.4 is 5.32 Å². The molecule has 0 aliphatic heterocycles. The Morgan fingerprint density at radius 1 is 0.509 bits per heavy atom. The summed E-state index contributed by atoms with van der Waals surface area (Å²) in [7, 11) is 0. The fraction of sp³-hybridized carbons (Fsp3) is 0.882. The minimum absolute atomic E-state index is 0.0689. The first kappa shape index (κ1) is 55.3. The van der Waals surface area contributed by atoms with Crippen molar-refractivity contribution in [3.8, 4) is 0 Å². The Morgan fingerprint density at radius 2 is 0.877 bits per heavy atom. The number of nitrogens with one attached hydrogen (secondary N) is 1. The van der Waals surface area contributed by atoms with Gasteiger partial charge in [-0.15, -0.1) is 0 Å². The van der Waals surface area contributed by atoms with Crippen LogP contribution >= 0.6 is 0 Å². The molecule has 0 saturated heterocycles. The van der Waals surface area contributed by atoms with Gasteiger partial charge in [0.2, 0.25) is 5.91 Å². The summed E-state index contributed by atoms with van der Waals surface area (Å²) in [6.45, 7) is 6.45. The summed E-state index contributed by atoms with van der Waals surface area (Å²) in [5.74, 6) is -0.482. The van der Waals surface area contributed by atoms with Gasteiger partial charge in [0.05, 0.1) is 25.2 Å². The molecule has 0 heterocycles. The maximum absolute atomic E-state index is 13.2. The van der Waals surface area contributed by atoms with Gasteiger partial charge in [0.15, 0.2) is 0 Å². The van der Waals surface area contributed by atoms with E-state index < -0.39 is 18.2 Å². The molecule has 0 fully saturated rings. The summed E-state index contributed by atoms with van der Waals surface area (Å²) in [5.41, 5.74) is 0. The monoisotopic (exact) mass is 804 g/mol. The maximum Gasteiger partial charge on any atom is 0.306 e. The zero-order chi connectivity index (χ0) is 41.7. The van der Waals surface area contributed by atoms with Gasteiger partial charge in [-0.3, -0.25) is 9.59 Å². The van der Waals surface area contributed by atoms with E-state index in [1.165, 1.54) is 141 Å². The van der Waals surface area contributed by atoms with Crippen molar-refractivity contribution >= 4 is 11.9 Å². The molecule has 0 rings (SSSR count). The maximum atomic E-state index is 13.2. The van der Waals surface area contributed by atoms with Crippen molar-refractivity contribution in [3.63, 3.8) is 0 Å². The van der Waals surface area contributed by atoms with Gasteiger partial charge in [-0.25, -0.2) is 0 Å². The first-order valence-corrected chi connectivity index (χ1v) is 25.1. The third-order valence-corrected chi connectivity index (χ3v) is 11.6. The Labute approximate surface area is 354 Å². The Balaban J connectivity index is 4.58. The fourth-order valence-corrected chi connectivity index (χ4v) is 7.72. The minimum atomic E-state index is -0.788. The highest BCUT2D eigenvalue weighted by atomic mass is 16.5. The molecule has 0 aromatic rings. The highest BCUT2D eigenvalue weighted by Gasteiger charge is 2.24. The number of allylic oxidation sites excluding steroid dienone is 4. The van der Waals surface area contributed by atoms with Crippen molar-refractivity contribution in [1.29, 1.82) is 0 Å². The van der Waals surface area contributed by atoms with Crippen molar-refractivity contribution in [1.82, 2.24) is 5.32 Å². The largest absolute Gasteiger partial charge is 0.462 e. The molecule has 0 aliphatic rings. The second-order valence-corrected chi connectivity index (χ2v) is 17.3. The molecule has 57 heavy (non-hydrogen) atoms. The van der Waals surface area contributed by atoms with Crippen molar-refractivity contribution in [2.75, 3.05) is 6.61 Å². The number of carbonyl (C=O) groups excluding carboxylic acids is 2. The van der Waals surface area contributed by atoms with Crippen LogP contribution in [0.15, 0.2) is 24.3 Å². The lowest BCUT2D eigenvalue weighted by atomic mass is 10.0. The predicted molar refractivity (Wildman–Crippen MR) is 246 cm³/mol. The number of amides is 1. The normalized spacial score (nSPS) is 13.4. The highest BCUT2D eigenvalue weighted by Crippen LogP contribution is 2.18. The van der Waals surface area contributed by atoms with Gasteiger partial charge in [-0.05, 0) is 51.4 Å². The van der Waals surface area contributed by atoms with Crippen LogP contribution in [0.2, 0.25) is 0 Å². The zero-order valence-corrected chi connectivity index (χ0v) is 38.2. The molecule has 0 radical (unpaired) electrons. The zero-order valence-electron chi connectivity index (χ0n) is 38.2. The van der Waals surface area contributed by atoms with Crippen molar-refractivity contribution in [2.45, 2.75) is 283 Å². The second kappa shape index (κ2) is 45.4. The van der Waals surface area contributed by atoms with Crippen LogP contribution in [0.3, 0.4) is 0 Å². The minimum Gasteiger partial charge on any atom is -0.462 e. The molecule has 3 unspecified atom stereocenters. The highest BCUT2D eigenvalue weighted by molar-refractivity contribution is 5.77. The number of ether oxygens (including phenoxy) is 1. The van der Waals surface area contributed by atoms with Gasteiger partial charge in [-0.2, -0.15) is 0 Å². The van der Waals surface area contributed by atoms with Gasteiger partial charge in [-0.1, -0.05) is 225 Å². The van der Waals surface area contributed by atoms with Crippen molar-refractivity contribution < 1.29 is 24.5 Å². The van der Waals surface area contributed by atoms with Crippen molar-refractivity contribution in [2.24, 2.45) is 0 Å². The van der Waals surface area contributed by atoms with Gasteiger partial charge in [0.1, 0.15) is 6.10 Å². The Hall–Kier alpha value is -1.66. The first-order valence-electron chi connectivity index (χ1n) is 25.1. The summed E-state index contributed by atoms with van der Waals surface area (Å²) in [4.78, 5) is 26.1. The van der Waals surface area contributed by atoms with Gasteiger partial charge >= 0.3 is 5.97 Å². The predicted octanol–water partition coefficient (Wildman–Crippen LogP) is 14.7. The summed E-state index contributed by atoms with van der Waals surface area (Å²) in [6.07, 6.45) is 50.9. The van der Waals surface area contributed by atoms with E-state index in [-0.39, 0.29) is 24.9 Å². The number of aliphatic hydroxyl groups is 2. The van der Waals surface area contributed by atoms with E-state index >= 15 is 0 Å². The number of carbonyl (C=O) groups is 2. The molecule has 0 aliphatic carbocycles. The number of hydrogen-bond donors (Lipinski definition) is 3. The number of aliphatic hydroxyl groups excluding tert-OH is 2. The molecule has 0 aromatic heterocycles. The average molecular weight is 804 g/mol. The molecule has 0 saturated carbocycles. The SMILES string of the molecule is CCCCC/C=C/C=C/CCCCCCC(CC(=O)NC(CO)C(O)CCCCCCCCCCCCC)OC(=O)CCCCCCCCCCCCCCCC. The molecule has 0 spiro atoms. The average Bonchev–Trinajstić information content (AvgIpc) is 3.20. The van der Waals surface area contributed by atoms with E-state index in [2.05, 4.69) is 50.4 Å². The molecule has 0 bridgehead atoms. The number of esters is 1. The van der Waals surface area contributed by atoms with Gasteiger partial charge in [0.25, 0.3) is 0 Å². The number of unbranched alkanes of at least 4 members (excludes halogenated alkanes) is 30. The molecule has 6 heteroatoms. The van der Waals surface area contributed by atoms with Gasteiger partial charge in [0, 0.05) is 6.42 Å². The van der Waals surface area contributed by atoms with Crippen LogP contribution in [0, 0.1) is 0 Å². The molecular formula is C51H97NO5. The number of rotatable bonds is 45. The van der Waals surface area contributed by atoms with Crippen LogP contribution in [0.5, 0.6) is 0 Å². The summed E-state index contributed by atoms with van der Waals surface area (Å²) in [6, 6.07) is -0.702. The third kappa shape index (κ3) is 40.9. The summed E-state index contributed by atoms with van der Waals surface area (Å²) in [5, 5.41) is 23.7. The Morgan fingerprint density at radius 3 is 1.33 bits per heavy atom. The van der Waals surface area contributed by atoms with Crippen LogP contribution in [-0.2, 0) is 14.3 Å². The lowest BCUT2D eigenvalue weighted by molar-refractivity contribution is -0.151. The van der Waals surface area contributed by atoms with E-state index in [9.17, 15) is 19.8 Å². The lowest BCUT2D eigenvalue weighted by Crippen LogP contribution is -2.46. The van der Waals surface area contributed by atoms with E-state index in [1.54, 1.807) is 0 Å². The molecule has 6 nitrogen and oxygen atoms in total. The first-order chi connectivity index (χ1) is 28.0. The molecular weight excluding hydrogens is 707 g/mol. The molecule has 0 aromatic carbocycles. The smallest absolute Gasteiger partial charge is 0.306 e. The van der Waals surface area contributed by atoms with Crippen LogP contribution in [0.4, 0.5) is 0 Å². The van der Waals surface area contributed by atoms with Crippen molar-refractivity contribution in [3.05, 3.63) is 24.3 Å².